The first-order valence-electron chi connectivity index (χ1n) is 13.0. The average molecular weight is 516 g/mol. The summed E-state index contributed by atoms with van der Waals surface area (Å²) < 4.78 is 3.32. The lowest BCUT2D eigenvalue weighted by atomic mass is 9.95. The molecule has 1 N–H and O–H groups in total. The number of hydrogen-bond donors (Lipinski definition) is 1. The molecule has 4 aliphatic rings. The van der Waals surface area contributed by atoms with Crippen molar-refractivity contribution in [3.8, 4) is 0 Å². The number of amides is 1. The highest BCUT2D eigenvalue weighted by molar-refractivity contribution is 7.16. The summed E-state index contributed by atoms with van der Waals surface area (Å²) in [6.45, 7) is 6.53. The number of aryl methyl sites for hydroxylation is 1. The van der Waals surface area contributed by atoms with Gasteiger partial charge in [0.1, 0.15) is 5.82 Å². The molecule has 2 bridgehead atoms. The Labute approximate surface area is 215 Å². The molecule has 1 amide bonds. The van der Waals surface area contributed by atoms with E-state index in [1.54, 1.807) is 18.3 Å². The third kappa shape index (κ3) is 4.59. The number of Topliss-reactive ketones (excluding diaryl/α,β-unsaturated/α-hetero) is 1. The number of carbonyl (C=O) groups excluding carboxylic acids is 2. The molecule has 0 radical (unpaired) electrons. The molecule has 3 fully saturated rings. The summed E-state index contributed by atoms with van der Waals surface area (Å²) in [6, 6.07) is 5.82. The van der Waals surface area contributed by atoms with Gasteiger partial charge >= 0.3 is 0 Å². The molecule has 7 nitrogen and oxygen atoms in total. The Balaban J connectivity index is 1.13. The van der Waals surface area contributed by atoms with Crippen molar-refractivity contribution in [3.05, 3.63) is 38.6 Å². The van der Waals surface area contributed by atoms with Crippen LogP contribution in [0.1, 0.15) is 79.6 Å². The van der Waals surface area contributed by atoms with E-state index in [1.165, 1.54) is 37.1 Å². The van der Waals surface area contributed by atoms with E-state index in [-0.39, 0.29) is 18.0 Å². The second kappa shape index (κ2) is 9.29. The van der Waals surface area contributed by atoms with Gasteiger partial charge < -0.3 is 9.88 Å². The number of halogens is 1. The molecule has 6 rings (SSSR count). The molecule has 0 spiro atoms. The standard InChI is InChI=1S/C26H34ClN5O2S/c1-15-28-21-14-30(23-13-24(23)34)9-8-22(21)32(15)19-11-17-3-4-18(12-19)31(17)10-7-20(29-16(2)33)25-5-6-26(27)35-25/h5-6,17-20,23H,3-4,7-14H2,1-2H3,(H,29,33)/t17?,18?,19?,20-,23?/m0/s1. The monoisotopic (exact) mass is 515 g/mol. The fourth-order valence-corrected chi connectivity index (χ4v) is 8.07. The van der Waals surface area contributed by atoms with Gasteiger partial charge in [0.15, 0.2) is 5.78 Å². The van der Waals surface area contributed by atoms with Crippen molar-refractivity contribution in [1.29, 1.82) is 0 Å². The summed E-state index contributed by atoms with van der Waals surface area (Å²) in [4.78, 5) is 34.6. The number of rotatable bonds is 7. The third-order valence-electron chi connectivity index (χ3n) is 8.52. The van der Waals surface area contributed by atoms with Gasteiger partial charge in [0.25, 0.3) is 0 Å². The summed E-state index contributed by atoms with van der Waals surface area (Å²) in [6.07, 6.45) is 7.47. The fourth-order valence-electron chi connectivity index (χ4n) is 6.92. The SMILES string of the molecule is CC(=O)N[C@@H](CCN1C2CCC1CC(n1c(C)nc3c1CCN(C1CC1=O)C3)C2)c1ccc(Cl)s1. The Bertz CT molecular complexity index is 1130. The van der Waals surface area contributed by atoms with Crippen LogP contribution in [0.5, 0.6) is 0 Å². The number of nitrogens with one attached hydrogen (secondary N) is 1. The van der Waals surface area contributed by atoms with E-state index in [0.29, 0.717) is 23.9 Å². The van der Waals surface area contributed by atoms with Crippen molar-refractivity contribution in [2.45, 2.75) is 95.5 Å². The molecule has 2 aromatic rings. The van der Waals surface area contributed by atoms with Crippen molar-refractivity contribution in [1.82, 2.24) is 24.7 Å². The topological polar surface area (TPSA) is 70.5 Å². The number of aromatic nitrogens is 2. The van der Waals surface area contributed by atoms with Gasteiger partial charge in [0.2, 0.25) is 5.91 Å². The third-order valence-corrected chi connectivity index (χ3v) is 9.87. The number of ketones is 1. The number of imidazole rings is 1. The summed E-state index contributed by atoms with van der Waals surface area (Å²) in [5, 5.41) is 3.14. The minimum Gasteiger partial charge on any atom is -0.349 e. The number of fused-ring (bicyclic) bond motifs is 3. The van der Waals surface area contributed by atoms with E-state index in [1.807, 2.05) is 12.1 Å². The first-order chi connectivity index (χ1) is 16.9. The predicted molar refractivity (Wildman–Crippen MR) is 137 cm³/mol. The summed E-state index contributed by atoms with van der Waals surface area (Å²) >= 11 is 7.74. The first-order valence-corrected chi connectivity index (χ1v) is 14.2. The molecule has 35 heavy (non-hydrogen) atoms. The second-order valence-electron chi connectivity index (χ2n) is 10.8. The lowest BCUT2D eigenvalue weighted by molar-refractivity contribution is -0.119. The van der Waals surface area contributed by atoms with Crippen molar-refractivity contribution in [2.75, 3.05) is 13.1 Å². The number of nitrogens with zero attached hydrogens (tertiary/aromatic N) is 4. The zero-order chi connectivity index (χ0) is 24.3. The second-order valence-corrected chi connectivity index (χ2v) is 12.5. The van der Waals surface area contributed by atoms with Gasteiger partial charge in [-0.1, -0.05) is 11.6 Å². The minimum atomic E-state index is 0.00572. The van der Waals surface area contributed by atoms with E-state index in [4.69, 9.17) is 16.6 Å². The van der Waals surface area contributed by atoms with Crippen molar-refractivity contribution >= 4 is 34.6 Å². The van der Waals surface area contributed by atoms with E-state index in [2.05, 4.69) is 26.6 Å². The molecular weight excluding hydrogens is 482 g/mol. The van der Waals surface area contributed by atoms with Gasteiger partial charge in [0, 0.05) is 68.1 Å². The quantitative estimate of drug-likeness (QED) is 0.602. The Morgan fingerprint density at radius 1 is 1.26 bits per heavy atom. The Morgan fingerprint density at radius 2 is 2.00 bits per heavy atom. The van der Waals surface area contributed by atoms with Crippen LogP contribution in [0.3, 0.4) is 0 Å². The maximum atomic E-state index is 11.8. The maximum Gasteiger partial charge on any atom is 0.217 e. The van der Waals surface area contributed by atoms with E-state index < -0.39 is 0 Å². The van der Waals surface area contributed by atoms with Gasteiger partial charge in [-0.2, -0.15) is 0 Å². The summed E-state index contributed by atoms with van der Waals surface area (Å²) in [5.74, 6) is 1.53. The highest BCUT2D eigenvalue weighted by Crippen LogP contribution is 2.43. The Kier molecular flexibility index (Phi) is 6.27. The van der Waals surface area contributed by atoms with Crippen molar-refractivity contribution in [3.63, 3.8) is 0 Å². The van der Waals surface area contributed by atoms with Crippen LogP contribution in [0.15, 0.2) is 12.1 Å². The lowest BCUT2D eigenvalue weighted by Gasteiger charge is -2.41. The Hall–Kier alpha value is -1.74. The molecule has 3 unspecified atom stereocenters. The number of carbonyl (C=O) groups is 2. The molecule has 3 aliphatic heterocycles. The van der Waals surface area contributed by atoms with Gasteiger partial charge in [-0.3, -0.25) is 19.4 Å². The van der Waals surface area contributed by atoms with E-state index >= 15 is 0 Å². The molecule has 0 aromatic carbocycles. The van der Waals surface area contributed by atoms with Gasteiger partial charge in [-0.25, -0.2) is 4.98 Å². The zero-order valence-electron chi connectivity index (χ0n) is 20.5. The minimum absolute atomic E-state index is 0.00572. The molecule has 1 saturated carbocycles. The summed E-state index contributed by atoms with van der Waals surface area (Å²) in [7, 11) is 0. The zero-order valence-corrected chi connectivity index (χ0v) is 22.1. The van der Waals surface area contributed by atoms with Gasteiger partial charge in [-0.15, -0.1) is 11.3 Å². The van der Waals surface area contributed by atoms with Crippen molar-refractivity contribution in [2.24, 2.45) is 0 Å². The molecule has 9 heteroatoms. The highest BCUT2D eigenvalue weighted by Gasteiger charge is 2.44. The van der Waals surface area contributed by atoms with Crippen LogP contribution in [0.4, 0.5) is 0 Å². The predicted octanol–water partition coefficient (Wildman–Crippen LogP) is 4.04. The van der Waals surface area contributed by atoms with E-state index in [0.717, 1.165) is 53.9 Å². The van der Waals surface area contributed by atoms with Crippen LogP contribution < -0.4 is 5.32 Å². The molecule has 1 aliphatic carbocycles. The average Bonchev–Trinajstić information content (AvgIpc) is 3.11. The Morgan fingerprint density at radius 3 is 2.63 bits per heavy atom. The van der Waals surface area contributed by atoms with Crippen LogP contribution in [0.25, 0.3) is 0 Å². The largest absolute Gasteiger partial charge is 0.349 e. The molecule has 5 heterocycles. The summed E-state index contributed by atoms with van der Waals surface area (Å²) in [5.41, 5.74) is 2.60. The fraction of sp³-hybridized carbons (Fsp3) is 0.654. The van der Waals surface area contributed by atoms with E-state index in [9.17, 15) is 9.59 Å². The molecular formula is C26H34ClN5O2S. The molecule has 4 atom stereocenters. The van der Waals surface area contributed by atoms with Crippen LogP contribution in [0, 0.1) is 6.92 Å². The van der Waals surface area contributed by atoms with Crippen LogP contribution in [-0.2, 0) is 22.6 Å². The first kappa shape index (κ1) is 23.6. The van der Waals surface area contributed by atoms with Crippen LogP contribution in [0.2, 0.25) is 4.34 Å². The normalized spacial score (nSPS) is 29.3. The highest BCUT2D eigenvalue weighted by atomic mass is 35.5. The lowest BCUT2D eigenvalue weighted by Crippen LogP contribution is -2.45. The smallest absolute Gasteiger partial charge is 0.217 e. The molecule has 2 aromatic heterocycles. The van der Waals surface area contributed by atoms with Crippen molar-refractivity contribution < 1.29 is 9.59 Å². The number of hydrogen-bond acceptors (Lipinski definition) is 6. The maximum absolute atomic E-state index is 11.8. The number of thiophene rings is 1. The van der Waals surface area contributed by atoms with Crippen LogP contribution >= 0.6 is 22.9 Å². The molecule has 2 saturated heterocycles. The van der Waals surface area contributed by atoms with Gasteiger partial charge in [-0.05, 0) is 51.2 Å². The molecule has 188 valence electrons. The van der Waals surface area contributed by atoms with Crippen LogP contribution in [-0.4, -0.2) is 62.3 Å². The van der Waals surface area contributed by atoms with Gasteiger partial charge in [0.05, 0.1) is 22.1 Å². The number of piperidine rings is 1.